The van der Waals surface area contributed by atoms with Gasteiger partial charge in [-0.3, -0.25) is 0 Å². The average molecular weight is 337 g/mol. The molecule has 5 nitrogen and oxygen atoms in total. The third-order valence-electron chi connectivity index (χ3n) is 4.30. The van der Waals surface area contributed by atoms with Crippen molar-refractivity contribution < 1.29 is 19.8 Å². The molecule has 25 heavy (non-hydrogen) atoms. The molecule has 2 aromatic rings. The molecule has 0 fully saturated rings. The van der Waals surface area contributed by atoms with Crippen LogP contribution < -0.4 is 4.74 Å². The van der Waals surface area contributed by atoms with Crippen molar-refractivity contribution in [1.82, 2.24) is 0 Å². The largest absolute Gasteiger partial charge is 0.478 e. The van der Waals surface area contributed by atoms with Crippen molar-refractivity contribution >= 4 is 11.7 Å². The highest BCUT2D eigenvalue weighted by Crippen LogP contribution is 2.34. The topological polar surface area (TPSA) is 79.1 Å². The molecule has 0 amide bonds. The van der Waals surface area contributed by atoms with E-state index < -0.39 is 5.97 Å². The second-order valence-corrected chi connectivity index (χ2v) is 6.07. The summed E-state index contributed by atoms with van der Waals surface area (Å²) in [5, 5.41) is 21.4. The molecular formula is C20H19NO4. The van der Waals surface area contributed by atoms with Crippen LogP contribution in [0.5, 0.6) is 11.5 Å². The van der Waals surface area contributed by atoms with Crippen LogP contribution in [0.3, 0.4) is 0 Å². The van der Waals surface area contributed by atoms with Gasteiger partial charge >= 0.3 is 5.97 Å². The van der Waals surface area contributed by atoms with E-state index in [1.54, 1.807) is 0 Å². The molecule has 0 heterocycles. The van der Waals surface area contributed by atoms with E-state index in [4.69, 9.17) is 9.94 Å². The van der Waals surface area contributed by atoms with Gasteiger partial charge in [-0.2, -0.15) is 0 Å². The number of hydrogen-bond donors (Lipinski definition) is 2. The smallest absolute Gasteiger partial charge is 0.332 e. The molecule has 1 aliphatic carbocycles. The van der Waals surface area contributed by atoms with Crippen molar-refractivity contribution in [3.05, 3.63) is 71.3 Å². The summed E-state index contributed by atoms with van der Waals surface area (Å²) in [6.07, 6.45) is 2.59. The van der Waals surface area contributed by atoms with Crippen LogP contribution in [-0.4, -0.2) is 22.0 Å². The first-order valence-electron chi connectivity index (χ1n) is 8.07. The molecule has 5 heteroatoms. The minimum atomic E-state index is -0.995. The van der Waals surface area contributed by atoms with E-state index in [1.165, 1.54) is 11.6 Å². The number of oxime groups is 1. The molecule has 1 aliphatic rings. The highest BCUT2D eigenvalue weighted by atomic mass is 16.5. The Morgan fingerprint density at radius 1 is 1.08 bits per heavy atom. The summed E-state index contributed by atoms with van der Waals surface area (Å²) in [5.41, 5.74) is 2.71. The zero-order valence-electron chi connectivity index (χ0n) is 13.8. The Bertz CT molecular complexity index is 820. The van der Waals surface area contributed by atoms with Crippen molar-refractivity contribution in [3.8, 4) is 11.5 Å². The van der Waals surface area contributed by atoms with E-state index in [1.807, 2.05) is 55.5 Å². The fraction of sp³-hybridized carbons (Fsp3) is 0.200. The highest BCUT2D eigenvalue weighted by molar-refractivity contribution is 6.03. The summed E-state index contributed by atoms with van der Waals surface area (Å²) in [6.45, 7) is 2.02. The van der Waals surface area contributed by atoms with Gasteiger partial charge in [-0.15, -0.1) is 0 Å². The number of nitrogens with zero attached hydrogens (tertiary/aromatic N) is 1. The zero-order valence-corrected chi connectivity index (χ0v) is 13.8. The molecule has 3 rings (SSSR count). The summed E-state index contributed by atoms with van der Waals surface area (Å²) in [7, 11) is 0. The summed E-state index contributed by atoms with van der Waals surface area (Å²) in [4.78, 5) is 11.5. The molecule has 0 saturated carbocycles. The lowest BCUT2D eigenvalue weighted by molar-refractivity contribution is -0.133. The Kier molecular flexibility index (Phi) is 4.84. The molecule has 0 aromatic heterocycles. The van der Waals surface area contributed by atoms with Crippen LogP contribution in [-0.2, 0) is 4.79 Å². The van der Waals surface area contributed by atoms with Crippen molar-refractivity contribution in [2.24, 2.45) is 5.16 Å². The molecule has 0 aliphatic heterocycles. The molecule has 128 valence electrons. The molecular weight excluding hydrogens is 318 g/mol. The second-order valence-electron chi connectivity index (χ2n) is 6.07. The van der Waals surface area contributed by atoms with Gasteiger partial charge < -0.3 is 15.1 Å². The van der Waals surface area contributed by atoms with Crippen molar-refractivity contribution in [2.45, 2.75) is 25.7 Å². The number of carboxylic acid groups (broad SMARTS) is 1. The summed E-state index contributed by atoms with van der Waals surface area (Å²) in [5.74, 6) is 0.232. The number of carbonyl (C=O) groups is 1. The lowest BCUT2D eigenvalue weighted by Gasteiger charge is -2.22. The lowest BCUT2D eigenvalue weighted by Crippen LogP contribution is -2.18. The minimum absolute atomic E-state index is 0.226. The number of hydrogen-bond acceptors (Lipinski definition) is 4. The number of carboxylic acids is 1. The predicted octanol–water partition coefficient (Wildman–Crippen LogP) is 4.51. The molecule has 0 bridgehead atoms. The Morgan fingerprint density at radius 3 is 2.24 bits per heavy atom. The third kappa shape index (κ3) is 3.88. The van der Waals surface area contributed by atoms with Crippen LogP contribution in [0.15, 0.2) is 65.3 Å². The Labute approximate surface area is 145 Å². The normalized spacial score (nSPS) is 18.7. The fourth-order valence-corrected chi connectivity index (χ4v) is 2.95. The quantitative estimate of drug-likeness (QED) is 0.636. The van der Waals surface area contributed by atoms with Crippen LogP contribution in [0.1, 0.15) is 29.9 Å². The van der Waals surface area contributed by atoms with Crippen molar-refractivity contribution in [2.75, 3.05) is 0 Å². The molecule has 1 atom stereocenters. The molecule has 2 N–H and O–H groups in total. The zero-order chi connectivity index (χ0) is 17.8. The molecule has 0 radical (unpaired) electrons. The van der Waals surface area contributed by atoms with E-state index in [0.717, 1.165) is 11.3 Å². The van der Waals surface area contributed by atoms with Gasteiger partial charge in [0.05, 0.1) is 5.71 Å². The maximum Gasteiger partial charge on any atom is 0.332 e. The van der Waals surface area contributed by atoms with E-state index >= 15 is 0 Å². The Balaban J connectivity index is 1.79. The van der Waals surface area contributed by atoms with Gasteiger partial charge in [-0.25, -0.2) is 4.79 Å². The number of ether oxygens (including phenoxy) is 1. The summed E-state index contributed by atoms with van der Waals surface area (Å²) >= 11 is 0. The monoisotopic (exact) mass is 337 g/mol. The first-order valence-corrected chi connectivity index (χ1v) is 8.07. The van der Waals surface area contributed by atoms with Crippen LogP contribution in [0.25, 0.3) is 0 Å². The Morgan fingerprint density at radius 2 is 1.68 bits per heavy atom. The van der Waals surface area contributed by atoms with Gasteiger partial charge in [0.2, 0.25) is 0 Å². The first-order chi connectivity index (χ1) is 12.1. The SMILES string of the molecule is Cc1ccc(Oc2ccc(C3CC/C(=N\O)C=C3C(=O)O)cc2)cc1. The van der Waals surface area contributed by atoms with Crippen LogP contribution in [0, 0.1) is 6.92 Å². The summed E-state index contributed by atoms with van der Waals surface area (Å²) < 4.78 is 5.80. The van der Waals surface area contributed by atoms with Gasteiger partial charge in [0.15, 0.2) is 0 Å². The minimum Gasteiger partial charge on any atom is -0.478 e. The van der Waals surface area contributed by atoms with Crippen molar-refractivity contribution in [3.63, 3.8) is 0 Å². The summed E-state index contributed by atoms with van der Waals surface area (Å²) in [6, 6.07) is 15.2. The lowest BCUT2D eigenvalue weighted by atomic mass is 9.82. The second kappa shape index (κ2) is 7.21. The highest BCUT2D eigenvalue weighted by Gasteiger charge is 2.27. The number of benzene rings is 2. The number of rotatable bonds is 4. The fourth-order valence-electron chi connectivity index (χ4n) is 2.95. The standard InChI is InChI=1S/C20H19NO4/c1-13-2-7-16(8-3-13)25-17-9-4-14(5-10-17)18-11-6-15(21-24)12-19(18)20(22)23/h2-5,7-10,12,18,24H,6,11H2,1H3,(H,22,23)/b21-15+. The predicted molar refractivity (Wildman–Crippen MR) is 94.6 cm³/mol. The average Bonchev–Trinajstić information content (AvgIpc) is 2.64. The van der Waals surface area contributed by atoms with Crippen LogP contribution in [0.4, 0.5) is 0 Å². The molecule has 0 saturated heterocycles. The van der Waals surface area contributed by atoms with Gasteiger partial charge in [-0.1, -0.05) is 35.0 Å². The number of allylic oxidation sites excluding steroid dienone is 1. The van der Waals surface area contributed by atoms with Gasteiger partial charge in [0, 0.05) is 11.5 Å². The van der Waals surface area contributed by atoms with E-state index in [2.05, 4.69) is 5.16 Å². The van der Waals surface area contributed by atoms with Crippen LogP contribution >= 0.6 is 0 Å². The first kappa shape index (κ1) is 16.8. The molecule has 0 spiro atoms. The van der Waals surface area contributed by atoms with Gasteiger partial charge in [-0.05, 0) is 55.7 Å². The molecule has 1 unspecified atom stereocenters. The maximum absolute atomic E-state index is 11.5. The van der Waals surface area contributed by atoms with Gasteiger partial charge in [0.1, 0.15) is 11.5 Å². The molecule has 2 aromatic carbocycles. The number of aryl methyl sites for hydroxylation is 1. The van der Waals surface area contributed by atoms with Crippen LogP contribution in [0.2, 0.25) is 0 Å². The number of aliphatic carboxylic acids is 1. The Hall–Kier alpha value is -3.08. The van der Waals surface area contributed by atoms with Crippen molar-refractivity contribution in [1.29, 1.82) is 0 Å². The van der Waals surface area contributed by atoms with E-state index in [0.29, 0.717) is 24.3 Å². The van der Waals surface area contributed by atoms with E-state index in [9.17, 15) is 9.90 Å². The maximum atomic E-state index is 11.5. The van der Waals surface area contributed by atoms with E-state index in [-0.39, 0.29) is 11.5 Å². The third-order valence-corrected chi connectivity index (χ3v) is 4.30. The van der Waals surface area contributed by atoms with Gasteiger partial charge in [0.25, 0.3) is 0 Å².